The molecule has 1 aromatic carbocycles. The summed E-state index contributed by atoms with van der Waals surface area (Å²) in [6.45, 7) is -0.00385. The molecule has 1 aliphatic rings. The van der Waals surface area contributed by atoms with E-state index in [4.69, 9.17) is 5.73 Å². The number of hydrogen-bond acceptors (Lipinski definition) is 5. The lowest BCUT2D eigenvalue weighted by atomic mass is 9.85. The van der Waals surface area contributed by atoms with Crippen LogP contribution in [-0.4, -0.2) is 30.8 Å². The largest absolute Gasteiger partial charge is 0.506 e. The fourth-order valence-electron chi connectivity index (χ4n) is 2.40. The van der Waals surface area contributed by atoms with Crippen LogP contribution in [0.25, 0.3) is 0 Å². The summed E-state index contributed by atoms with van der Waals surface area (Å²) in [6, 6.07) is 3.71. The zero-order valence-corrected chi connectivity index (χ0v) is 12.0. The number of aromatic hydroxyl groups is 1. The van der Waals surface area contributed by atoms with Crippen molar-refractivity contribution in [3.05, 3.63) is 18.2 Å². The smallest absolute Gasteiger partial charge is 0.240 e. The van der Waals surface area contributed by atoms with Gasteiger partial charge in [0.1, 0.15) is 5.75 Å². The van der Waals surface area contributed by atoms with E-state index in [2.05, 4.69) is 4.72 Å². The molecular weight excluding hydrogens is 280 g/mol. The maximum Gasteiger partial charge on any atom is 0.240 e. The maximum atomic E-state index is 12.1. The molecule has 6 nitrogen and oxygen atoms in total. The van der Waals surface area contributed by atoms with Gasteiger partial charge >= 0.3 is 0 Å². The van der Waals surface area contributed by atoms with Crippen molar-refractivity contribution in [3.8, 4) is 5.75 Å². The molecular formula is C13H20N2O4S. The van der Waals surface area contributed by atoms with E-state index in [0.29, 0.717) is 12.8 Å². The minimum Gasteiger partial charge on any atom is -0.506 e. The minimum absolute atomic E-state index is 0.00385. The number of nitrogens with two attached hydrogens (primary N) is 1. The normalized spacial score (nSPS) is 18.9. The molecule has 1 aromatic rings. The molecule has 1 fully saturated rings. The molecule has 112 valence electrons. The van der Waals surface area contributed by atoms with Crippen molar-refractivity contribution in [2.45, 2.75) is 42.6 Å². The van der Waals surface area contributed by atoms with E-state index in [1.807, 2.05) is 0 Å². The Balaban J connectivity index is 2.09. The minimum atomic E-state index is -3.74. The quantitative estimate of drug-likeness (QED) is 0.488. The molecule has 7 heteroatoms. The van der Waals surface area contributed by atoms with Gasteiger partial charge in [-0.3, -0.25) is 0 Å². The van der Waals surface area contributed by atoms with Crippen LogP contribution in [0.5, 0.6) is 5.75 Å². The van der Waals surface area contributed by atoms with Gasteiger partial charge in [0.2, 0.25) is 10.0 Å². The van der Waals surface area contributed by atoms with Gasteiger partial charge in [-0.2, -0.15) is 0 Å². The molecule has 0 amide bonds. The molecule has 0 heterocycles. The lowest BCUT2D eigenvalue weighted by Crippen LogP contribution is -2.44. The van der Waals surface area contributed by atoms with Crippen LogP contribution >= 0.6 is 0 Å². The SMILES string of the molecule is Nc1cc(S(=O)(=O)NCC2(O)CCCCC2)ccc1O. The summed E-state index contributed by atoms with van der Waals surface area (Å²) < 4.78 is 26.7. The first-order chi connectivity index (χ1) is 9.32. The summed E-state index contributed by atoms with van der Waals surface area (Å²) in [4.78, 5) is -0.0211. The molecule has 2 rings (SSSR count). The molecule has 0 radical (unpaired) electrons. The molecule has 0 atom stereocenters. The average Bonchev–Trinajstić information content (AvgIpc) is 2.41. The molecule has 0 saturated heterocycles. The van der Waals surface area contributed by atoms with Crippen LogP contribution in [0, 0.1) is 0 Å². The van der Waals surface area contributed by atoms with Crippen molar-refractivity contribution in [1.29, 1.82) is 0 Å². The van der Waals surface area contributed by atoms with Gasteiger partial charge in [0, 0.05) is 6.54 Å². The molecule has 0 spiro atoms. The first-order valence-electron chi connectivity index (χ1n) is 6.63. The summed E-state index contributed by atoms with van der Waals surface area (Å²) in [7, 11) is -3.74. The van der Waals surface area contributed by atoms with Crippen LogP contribution in [0.3, 0.4) is 0 Å². The van der Waals surface area contributed by atoms with Crippen molar-refractivity contribution in [1.82, 2.24) is 4.72 Å². The third-order valence-corrected chi connectivity index (χ3v) is 5.08. The third kappa shape index (κ3) is 3.41. The van der Waals surface area contributed by atoms with Gasteiger partial charge in [-0.25, -0.2) is 13.1 Å². The van der Waals surface area contributed by atoms with E-state index in [9.17, 15) is 18.6 Å². The van der Waals surface area contributed by atoms with E-state index in [1.54, 1.807) is 0 Å². The van der Waals surface area contributed by atoms with E-state index in [0.717, 1.165) is 19.3 Å². The van der Waals surface area contributed by atoms with Gasteiger partial charge in [-0.15, -0.1) is 0 Å². The number of phenols is 1. The zero-order valence-electron chi connectivity index (χ0n) is 11.2. The number of anilines is 1. The number of nitrogen functional groups attached to an aromatic ring is 1. The second-order valence-corrected chi connectivity index (χ2v) is 7.10. The number of benzene rings is 1. The summed E-state index contributed by atoms with van der Waals surface area (Å²) in [5.41, 5.74) is 4.53. The van der Waals surface area contributed by atoms with Crippen molar-refractivity contribution in [3.63, 3.8) is 0 Å². The number of nitrogens with one attached hydrogen (secondary N) is 1. The highest BCUT2D eigenvalue weighted by molar-refractivity contribution is 7.89. The lowest BCUT2D eigenvalue weighted by molar-refractivity contribution is 0.00945. The zero-order chi connectivity index (χ0) is 14.8. The molecule has 0 unspecified atom stereocenters. The molecule has 5 N–H and O–H groups in total. The van der Waals surface area contributed by atoms with Gasteiger partial charge in [-0.05, 0) is 31.0 Å². The Labute approximate surface area is 118 Å². The van der Waals surface area contributed by atoms with Crippen molar-refractivity contribution in [2.24, 2.45) is 0 Å². The van der Waals surface area contributed by atoms with Crippen LogP contribution < -0.4 is 10.5 Å². The Morgan fingerprint density at radius 1 is 1.25 bits per heavy atom. The van der Waals surface area contributed by atoms with Crippen molar-refractivity contribution in [2.75, 3.05) is 12.3 Å². The van der Waals surface area contributed by atoms with E-state index >= 15 is 0 Å². The Morgan fingerprint density at radius 3 is 2.50 bits per heavy atom. The first kappa shape index (κ1) is 15.1. The highest BCUT2D eigenvalue weighted by atomic mass is 32.2. The summed E-state index contributed by atoms with van der Waals surface area (Å²) in [5.74, 6) is -0.158. The number of aliphatic hydroxyl groups is 1. The van der Waals surface area contributed by atoms with Crippen LogP contribution in [-0.2, 0) is 10.0 Å². The number of sulfonamides is 1. The fourth-order valence-corrected chi connectivity index (χ4v) is 3.55. The Hall–Kier alpha value is -1.31. The number of phenolic OH excluding ortho intramolecular Hbond substituents is 1. The first-order valence-corrected chi connectivity index (χ1v) is 8.11. The van der Waals surface area contributed by atoms with Crippen LogP contribution in [0.2, 0.25) is 0 Å². The van der Waals surface area contributed by atoms with E-state index < -0.39 is 15.6 Å². The van der Waals surface area contributed by atoms with Gasteiger partial charge < -0.3 is 15.9 Å². The highest BCUT2D eigenvalue weighted by Gasteiger charge is 2.30. The summed E-state index contributed by atoms with van der Waals surface area (Å²) in [6.07, 6.45) is 4.10. The fraction of sp³-hybridized carbons (Fsp3) is 0.538. The molecule has 0 aliphatic heterocycles. The Morgan fingerprint density at radius 2 is 1.90 bits per heavy atom. The highest BCUT2D eigenvalue weighted by Crippen LogP contribution is 2.28. The van der Waals surface area contributed by atoms with E-state index in [-0.39, 0.29) is 22.9 Å². The van der Waals surface area contributed by atoms with Crippen LogP contribution in [0.1, 0.15) is 32.1 Å². The number of hydrogen-bond donors (Lipinski definition) is 4. The summed E-state index contributed by atoms with van der Waals surface area (Å²) >= 11 is 0. The van der Waals surface area contributed by atoms with Gasteiger partial charge in [0.05, 0.1) is 16.2 Å². The van der Waals surface area contributed by atoms with Gasteiger partial charge in [0.15, 0.2) is 0 Å². The third-order valence-electron chi connectivity index (χ3n) is 3.68. The average molecular weight is 300 g/mol. The second kappa shape index (κ2) is 5.59. The monoisotopic (exact) mass is 300 g/mol. The topological polar surface area (TPSA) is 113 Å². The van der Waals surface area contributed by atoms with Gasteiger partial charge in [0.25, 0.3) is 0 Å². The molecule has 1 aliphatic carbocycles. The Kier molecular flexibility index (Phi) is 4.22. The standard InChI is InChI=1S/C13H20N2O4S/c14-11-8-10(4-5-12(11)16)20(18,19)15-9-13(17)6-2-1-3-7-13/h4-5,8,15-17H,1-3,6-7,9,14H2. The maximum absolute atomic E-state index is 12.1. The predicted octanol–water partition coefficient (Wildman–Crippen LogP) is 0.948. The molecule has 1 saturated carbocycles. The summed E-state index contributed by atoms with van der Waals surface area (Å²) in [5, 5.41) is 19.6. The molecule has 0 aromatic heterocycles. The van der Waals surface area contributed by atoms with Crippen molar-refractivity contribution < 1.29 is 18.6 Å². The Bertz CT molecular complexity index is 580. The van der Waals surface area contributed by atoms with Crippen molar-refractivity contribution >= 4 is 15.7 Å². The predicted molar refractivity (Wildman–Crippen MR) is 75.7 cm³/mol. The molecule has 0 bridgehead atoms. The van der Waals surface area contributed by atoms with Crippen LogP contribution in [0.4, 0.5) is 5.69 Å². The van der Waals surface area contributed by atoms with Crippen LogP contribution in [0.15, 0.2) is 23.1 Å². The lowest BCUT2D eigenvalue weighted by Gasteiger charge is -2.32. The number of rotatable bonds is 4. The van der Waals surface area contributed by atoms with Gasteiger partial charge in [-0.1, -0.05) is 19.3 Å². The van der Waals surface area contributed by atoms with E-state index in [1.165, 1.54) is 18.2 Å². The molecule has 20 heavy (non-hydrogen) atoms. The second-order valence-electron chi connectivity index (χ2n) is 5.33.